The summed E-state index contributed by atoms with van der Waals surface area (Å²) in [5.41, 5.74) is 3.44. The molecule has 2 aromatic heterocycles. The van der Waals surface area contributed by atoms with Crippen LogP contribution in [0.2, 0.25) is 0 Å². The monoisotopic (exact) mass is 433 g/mol. The van der Waals surface area contributed by atoms with Gasteiger partial charge in [0.15, 0.2) is 0 Å². The largest absolute Gasteiger partial charge is 0.341 e. The van der Waals surface area contributed by atoms with E-state index in [0.29, 0.717) is 6.04 Å². The Morgan fingerprint density at radius 2 is 2.00 bits per heavy atom. The first kappa shape index (κ1) is 19.0. The topological polar surface area (TPSA) is 56.8 Å². The number of nitrogens with one attached hydrogen (secondary N) is 2. The molecule has 136 valence electrons. The van der Waals surface area contributed by atoms with E-state index in [9.17, 15) is 0 Å². The molecule has 1 unspecified atom stereocenters. The van der Waals surface area contributed by atoms with Crippen molar-refractivity contribution in [1.82, 2.24) is 25.2 Å². The lowest BCUT2D eigenvalue weighted by Gasteiger charge is -2.35. The maximum Gasteiger partial charge on any atom is 0.120 e. The first-order valence-corrected chi connectivity index (χ1v) is 9.23. The SMILES string of the molecule is Brc1ccc(-c2cnc(CN3CCNCC3c3cccnc3)[nH]2)cc1.Cl. The fraction of sp³-hybridized carbons (Fsp3) is 0.263. The highest BCUT2D eigenvalue weighted by molar-refractivity contribution is 9.10. The minimum Gasteiger partial charge on any atom is -0.341 e. The highest BCUT2D eigenvalue weighted by Crippen LogP contribution is 2.24. The van der Waals surface area contributed by atoms with Gasteiger partial charge in [0.2, 0.25) is 0 Å². The molecule has 1 atom stereocenters. The quantitative estimate of drug-likeness (QED) is 0.656. The molecule has 2 N–H and O–H groups in total. The molecule has 0 spiro atoms. The minimum absolute atomic E-state index is 0. The Hall–Kier alpha value is -1.73. The molecule has 0 bridgehead atoms. The van der Waals surface area contributed by atoms with Crippen LogP contribution in [0.1, 0.15) is 17.4 Å². The summed E-state index contributed by atoms with van der Waals surface area (Å²) in [6.07, 6.45) is 5.70. The van der Waals surface area contributed by atoms with Gasteiger partial charge >= 0.3 is 0 Å². The molecule has 3 aromatic rings. The Morgan fingerprint density at radius 1 is 1.15 bits per heavy atom. The molecule has 1 aliphatic heterocycles. The second-order valence-corrected chi connectivity index (χ2v) is 7.14. The number of pyridine rings is 1. The molecule has 0 saturated carbocycles. The molecule has 1 saturated heterocycles. The summed E-state index contributed by atoms with van der Waals surface area (Å²) in [4.78, 5) is 14.8. The zero-order valence-corrected chi connectivity index (χ0v) is 16.6. The minimum atomic E-state index is 0. The smallest absolute Gasteiger partial charge is 0.120 e. The lowest BCUT2D eigenvalue weighted by atomic mass is 10.1. The number of benzene rings is 1. The lowest BCUT2D eigenvalue weighted by molar-refractivity contribution is 0.150. The highest BCUT2D eigenvalue weighted by Gasteiger charge is 2.24. The Labute approximate surface area is 167 Å². The molecule has 3 heterocycles. The van der Waals surface area contributed by atoms with E-state index in [2.05, 4.69) is 59.3 Å². The Balaban J connectivity index is 0.00000196. The Morgan fingerprint density at radius 3 is 2.77 bits per heavy atom. The van der Waals surface area contributed by atoms with Crippen molar-refractivity contribution in [1.29, 1.82) is 0 Å². The van der Waals surface area contributed by atoms with Crippen LogP contribution in [-0.2, 0) is 6.54 Å². The molecule has 0 radical (unpaired) electrons. The van der Waals surface area contributed by atoms with Crippen LogP contribution in [0.15, 0.2) is 59.5 Å². The van der Waals surface area contributed by atoms with E-state index in [0.717, 1.165) is 47.7 Å². The maximum absolute atomic E-state index is 4.59. The van der Waals surface area contributed by atoms with Crippen LogP contribution in [0.5, 0.6) is 0 Å². The van der Waals surface area contributed by atoms with Crippen molar-refractivity contribution in [2.45, 2.75) is 12.6 Å². The van der Waals surface area contributed by atoms with Crippen molar-refractivity contribution in [3.8, 4) is 11.3 Å². The maximum atomic E-state index is 4.59. The number of hydrogen-bond acceptors (Lipinski definition) is 4. The molecular formula is C19H21BrClN5. The van der Waals surface area contributed by atoms with Crippen LogP contribution < -0.4 is 5.32 Å². The first-order valence-electron chi connectivity index (χ1n) is 8.44. The van der Waals surface area contributed by atoms with E-state index >= 15 is 0 Å². The Kier molecular flexibility index (Phi) is 6.43. The normalized spacial score (nSPS) is 17.7. The molecule has 4 rings (SSSR count). The van der Waals surface area contributed by atoms with Gasteiger partial charge in [-0.15, -0.1) is 12.4 Å². The van der Waals surface area contributed by atoms with Crippen LogP contribution in [0.4, 0.5) is 0 Å². The number of piperazine rings is 1. The number of aromatic amines is 1. The molecular weight excluding hydrogens is 414 g/mol. The average molecular weight is 435 g/mol. The van der Waals surface area contributed by atoms with Gasteiger partial charge in [-0.2, -0.15) is 0 Å². The number of nitrogens with zero attached hydrogens (tertiary/aromatic N) is 3. The second kappa shape index (κ2) is 8.77. The van der Waals surface area contributed by atoms with E-state index in [4.69, 9.17) is 0 Å². The van der Waals surface area contributed by atoms with E-state index in [1.807, 2.05) is 36.8 Å². The molecule has 26 heavy (non-hydrogen) atoms. The van der Waals surface area contributed by atoms with E-state index in [1.54, 1.807) is 0 Å². The van der Waals surface area contributed by atoms with Crippen LogP contribution in [-0.4, -0.2) is 39.5 Å². The number of halogens is 2. The number of aromatic nitrogens is 3. The van der Waals surface area contributed by atoms with Gasteiger partial charge in [0.25, 0.3) is 0 Å². The van der Waals surface area contributed by atoms with Crippen molar-refractivity contribution in [3.05, 3.63) is 70.8 Å². The van der Waals surface area contributed by atoms with Crippen LogP contribution >= 0.6 is 28.3 Å². The number of H-pyrrole nitrogens is 1. The first-order chi connectivity index (χ1) is 12.3. The van der Waals surface area contributed by atoms with Crippen molar-refractivity contribution < 1.29 is 0 Å². The van der Waals surface area contributed by atoms with Crippen LogP contribution in [0, 0.1) is 0 Å². The summed E-state index contributed by atoms with van der Waals surface area (Å²) in [6.45, 7) is 3.73. The fourth-order valence-corrected chi connectivity index (χ4v) is 3.51. The summed E-state index contributed by atoms with van der Waals surface area (Å²) in [7, 11) is 0. The Bertz CT molecular complexity index is 821. The van der Waals surface area contributed by atoms with Gasteiger partial charge in [0.05, 0.1) is 18.4 Å². The molecule has 0 amide bonds. The van der Waals surface area contributed by atoms with E-state index in [-0.39, 0.29) is 12.4 Å². The average Bonchev–Trinajstić information content (AvgIpc) is 3.12. The predicted octanol–water partition coefficient (Wildman–Crippen LogP) is 3.80. The van der Waals surface area contributed by atoms with Crippen LogP contribution in [0.25, 0.3) is 11.3 Å². The van der Waals surface area contributed by atoms with Crippen molar-refractivity contribution >= 4 is 28.3 Å². The van der Waals surface area contributed by atoms with Crippen LogP contribution in [0.3, 0.4) is 0 Å². The molecule has 7 heteroatoms. The summed E-state index contributed by atoms with van der Waals surface area (Å²) in [5, 5.41) is 3.48. The van der Waals surface area contributed by atoms with Gasteiger partial charge in [-0.25, -0.2) is 4.98 Å². The van der Waals surface area contributed by atoms with Gasteiger partial charge in [-0.3, -0.25) is 9.88 Å². The third-order valence-corrected chi connectivity index (χ3v) is 5.09. The van der Waals surface area contributed by atoms with E-state index < -0.39 is 0 Å². The molecule has 5 nitrogen and oxygen atoms in total. The third kappa shape index (κ3) is 4.32. The van der Waals surface area contributed by atoms with Gasteiger partial charge in [-0.1, -0.05) is 34.1 Å². The zero-order chi connectivity index (χ0) is 17.1. The summed E-state index contributed by atoms with van der Waals surface area (Å²) >= 11 is 3.47. The van der Waals surface area contributed by atoms with Crippen molar-refractivity contribution in [2.24, 2.45) is 0 Å². The van der Waals surface area contributed by atoms with E-state index in [1.165, 1.54) is 5.56 Å². The zero-order valence-electron chi connectivity index (χ0n) is 14.2. The molecule has 1 aliphatic rings. The summed E-state index contributed by atoms with van der Waals surface area (Å²) in [5.74, 6) is 0.994. The van der Waals surface area contributed by atoms with Crippen molar-refractivity contribution in [3.63, 3.8) is 0 Å². The third-order valence-electron chi connectivity index (χ3n) is 4.56. The van der Waals surface area contributed by atoms with Crippen molar-refractivity contribution in [2.75, 3.05) is 19.6 Å². The van der Waals surface area contributed by atoms with Gasteiger partial charge in [0, 0.05) is 42.5 Å². The van der Waals surface area contributed by atoms with Gasteiger partial charge in [0.1, 0.15) is 5.82 Å². The fourth-order valence-electron chi connectivity index (χ4n) is 3.25. The predicted molar refractivity (Wildman–Crippen MR) is 109 cm³/mol. The highest BCUT2D eigenvalue weighted by atomic mass is 79.9. The van der Waals surface area contributed by atoms with Gasteiger partial charge < -0.3 is 10.3 Å². The summed E-state index contributed by atoms with van der Waals surface area (Å²) in [6, 6.07) is 12.7. The lowest BCUT2D eigenvalue weighted by Crippen LogP contribution is -2.45. The molecule has 1 aromatic carbocycles. The second-order valence-electron chi connectivity index (χ2n) is 6.23. The molecule has 1 fully saturated rings. The number of imidazole rings is 1. The number of rotatable bonds is 4. The van der Waals surface area contributed by atoms with Gasteiger partial charge in [-0.05, 0) is 29.3 Å². The summed E-state index contributed by atoms with van der Waals surface area (Å²) < 4.78 is 1.08. The molecule has 0 aliphatic carbocycles. The standard InChI is InChI=1S/C19H20BrN5.ClH/c20-16-5-3-14(4-6-16)17-11-23-19(24-17)13-25-9-8-22-12-18(25)15-2-1-7-21-10-15;/h1-7,10-11,18,22H,8-9,12-13H2,(H,23,24);1H. The number of hydrogen-bond donors (Lipinski definition) is 2.